The van der Waals surface area contributed by atoms with Crippen molar-refractivity contribution in [3.8, 4) is 17.1 Å². The maximum Gasteiger partial charge on any atom is 0.339 e. The molecule has 20 heavy (non-hydrogen) atoms. The van der Waals surface area contributed by atoms with Crippen molar-refractivity contribution >= 4 is 5.97 Å². The minimum absolute atomic E-state index is 0.0716. The third kappa shape index (κ3) is 2.12. The number of aromatic nitrogens is 5. The van der Waals surface area contributed by atoms with Gasteiger partial charge in [-0.1, -0.05) is 0 Å². The van der Waals surface area contributed by atoms with E-state index < -0.39 is 5.97 Å². The molecular weight excluding hydrogens is 258 g/mol. The number of carboxylic acids is 1. The van der Waals surface area contributed by atoms with Gasteiger partial charge in [0.05, 0.1) is 11.9 Å². The Labute approximate surface area is 113 Å². The lowest BCUT2D eigenvalue weighted by Gasteiger charge is -1.99. The third-order valence-electron chi connectivity index (χ3n) is 2.68. The summed E-state index contributed by atoms with van der Waals surface area (Å²) in [6.07, 6.45) is 9.16. The summed E-state index contributed by atoms with van der Waals surface area (Å²) >= 11 is 0. The van der Waals surface area contributed by atoms with Crippen molar-refractivity contribution in [3.05, 3.63) is 54.9 Å². The van der Waals surface area contributed by atoms with Gasteiger partial charge in [0.2, 0.25) is 0 Å². The number of rotatable bonds is 3. The molecule has 0 radical (unpaired) electrons. The number of pyridine rings is 1. The summed E-state index contributed by atoms with van der Waals surface area (Å²) in [5.41, 5.74) is 1.49. The summed E-state index contributed by atoms with van der Waals surface area (Å²) in [4.78, 5) is 23.3. The quantitative estimate of drug-likeness (QED) is 0.771. The standard InChI is InChI=1S/C13H9N5O2/c19-13(20)10-8-18(9-1-3-14-4-2-9)17-12(10)11-7-15-5-6-16-11/h1-8H,(H,19,20). The van der Waals surface area contributed by atoms with E-state index in [0.29, 0.717) is 5.69 Å². The molecule has 0 saturated carbocycles. The van der Waals surface area contributed by atoms with Crippen LogP contribution in [0.4, 0.5) is 0 Å². The Morgan fingerprint density at radius 3 is 2.55 bits per heavy atom. The molecule has 0 unspecified atom stereocenters. The lowest BCUT2D eigenvalue weighted by molar-refractivity contribution is 0.0697. The molecule has 0 spiro atoms. The highest BCUT2D eigenvalue weighted by atomic mass is 16.4. The molecule has 0 fully saturated rings. The van der Waals surface area contributed by atoms with E-state index in [9.17, 15) is 9.90 Å². The molecule has 3 aromatic rings. The zero-order valence-corrected chi connectivity index (χ0v) is 10.2. The molecular formula is C13H9N5O2. The Morgan fingerprint density at radius 1 is 1.10 bits per heavy atom. The molecule has 3 rings (SSSR count). The van der Waals surface area contributed by atoms with Crippen LogP contribution in [-0.4, -0.2) is 35.8 Å². The van der Waals surface area contributed by atoms with Crippen LogP contribution in [0.1, 0.15) is 10.4 Å². The lowest BCUT2D eigenvalue weighted by Crippen LogP contribution is -1.97. The molecule has 0 atom stereocenters. The van der Waals surface area contributed by atoms with Crippen molar-refractivity contribution in [2.75, 3.05) is 0 Å². The van der Waals surface area contributed by atoms with E-state index in [-0.39, 0.29) is 11.3 Å². The fourth-order valence-corrected chi connectivity index (χ4v) is 1.77. The average molecular weight is 267 g/mol. The predicted octanol–water partition coefficient (Wildman–Crippen LogP) is 1.42. The van der Waals surface area contributed by atoms with Crippen LogP contribution in [0.15, 0.2) is 49.3 Å². The summed E-state index contributed by atoms with van der Waals surface area (Å²) < 4.78 is 1.48. The fourth-order valence-electron chi connectivity index (χ4n) is 1.77. The first-order valence-electron chi connectivity index (χ1n) is 5.75. The summed E-state index contributed by atoms with van der Waals surface area (Å²) in [6, 6.07) is 3.47. The minimum Gasteiger partial charge on any atom is -0.478 e. The molecule has 7 nitrogen and oxygen atoms in total. The lowest BCUT2D eigenvalue weighted by atomic mass is 10.2. The molecule has 0 bridgehead atoms. The van der Waals surface area contributed by atoms with Crippen molar-refractivity contribution in [2.24, 2.45) is 0 Å². The largest absolute Gasteiger partial charge is 0.478 e. The van der Waals surface area contributed by atoms with E-state index in [1.54, 1.807) is 24.5 Å². The predicted molar refractivity (Wildman–Crippen MR) is 69.3 cm³/mol. The minimum atomic E-state index is -1.06. The Bertz CT molecular complexity index is 740. The number of aromatic carboxylic acids is 1. The zero-order valence-electron chi connectivity index (χ0n) is 10.2. The van der Waals surface area contributed by atoms with Crippen LogP contribution in [0.3, 0.4) is 0 Å². The number of carbonyl (C=O) groups is 1. The Morgan fingerprint density at radius 2 is 1.90 bits per heavy atom. The van der Waals surface area contributed by atoms with E-state index in [2.05, 4.69) is 20.1 Å². The van der Waals surface area contributed by atoms with E-state index >= 15 is 0 Å². The summed E-state index contributed by atoms with van der Waals surface area (Å²) in [5, 5.41) is 13.6. The number of hydrogen-bond acceptors (Lipinski definition) is 5. The summed E-state index contributed by atoms with van der Waals surface area (Å²) in [5.74, 6) is -1.06. The van der Waals surface area contributed by atoms with Crippen LogP contribution < -0.4 is 0 Å². The van der Waals surface area contributed by atoms with Crippen LogP contribution in [0.25, 0.3) is 17.1 Å². The molecule has 0 aliphatic carbocycles. The molecule has 0 saturated heterocycles. The monoisotopic (exact) mass is 267 g/mol. The van der Waals surface area contributed by atoms with Gasteiger partial charge in [-0.05, 0) is 12.1 Å². The normalized spacial score (nSPS) is 10.4. The molecule has 0 amide bonds. The SMILES string of the molecule is O=C(O)c1cn(-c2ccncc2)nc1-c1cnccn1. The van der Waals surface area contributed by atoms with E-state index in [1.807, 2.05) is 0 Å². The number of hydrogen-bond donors (Lipinski definition) is 1. The molecule has 3 aromatic heterocycles. The highest BCUT2D eigenvalue weighted by molar-refractivity contribution is 5.94. The van der Waals surface area contributed by atoms with Gasteiger partial charge in [0.1, 0.15) is 17.0 Å². The summed E-state index contributed by atoms with van der Waals surface area (Å²) in [6.45, 7) is 0. The second-order valence-electron chi connectivity index (χ2n) is 3.94. The Hall–Kier alpha value is -3.09. The summed E-state index contributed by atoms with van der Waals surface area (Å²) in [7, 11) is 0. The van der Waals surface area contributed by atoms with Crippen LogP contribution in [0.5, 0.6) is 0 Å². The molecule has 0 aliphatic heterocycles. The second kappa shape index (κ2) is 4.88. The van der Waals surface area contributed by atoms with Gasteiger partial charge in [-0.25, -0.2) is 9.48 Å². The molecule has 3 heterocycles. The van der Waals surface area contributed by atoms with Crippen LogP contribution >= 0.6 is 0 Å². The van der Waals surface area contributed by atoms with Gasteiger partial charge in [-0.15, -0.1) is 0 Å². The molecule has 1 N–H and O–H groups in total. The third-order valence-corrected chi connectivity index (χ3v) is 2.68. The first-order valence-corrected chi connectivity index (χ1v) is 5.75. The molecule has 0 aromatic carbocycles. The van der Waals surface area contributed by atoms with Crippen molar-refractivity contribution in [1.82, 2.24) is 24.7 Å². The van der Waals surface area contributed by atoms with Gasteiger partial charge in [0, 0.05) is 31.0 Å². The van der Waals surface area contributed by atoms with Gasteiger partial charge in [0.25, 0.3) is 0 Å². The number of nitrogens with zero attached hydrogens (tertiary/aromatic N) is 5. The maximum absolute atomic E-state index is 11.3. The topological polar surface area (TPSA) is 93.8 Å². The van der Waals surface area contributed by atoms with Crippen LogP contribution in [-0.2, 0) is 0 Å². The smallest absolute Gasteiger partial charge is 0.339 e. The van der Waals surface area contributed by atoms with Crippen molar-refractivity contribution in [3.63, 3.8) is 0 Å². The van der Waals surface area contributed by atoms with Gasteiger partial charge in [-0.3, -0.25) is 15.0 Å². The molecule has 7 heteroatoms. The maximum atomic E-state index is 11.3. The van der Waals surface area contributed by atoms with E-state index in [1.165, 1.54) is 29.5 Å². The molecule has 98 valence electrons. The highest BCUT2D eigenvalue weighted by Crippen LogP contribution is 2.21. The van der Waals surface area contributed by atoms with Gasteiger partial charge in [0.15, 0.2) is 0 Å². The van der Waals surface area contributed by atoms with Gasteiger partial charge in [-0.2, -0.15) is 5.10 Å². The van der Waals surface area contributed by atoms with Gasteiger partial charge >= 0.3 is 5.97 Å². The van der Waals surface area contributed by atoms with Crippen molar-refractivity contribution < 1.29 is 9.90 Å². The Kier molecular flexibility index (Phi) is 2.92. The Balaban J connectivity index is 2.15. The number of carboxylic acid groups (broad SMARTS) is 1. The van der Waals surface area contributed by atoms with Crippen LogP contribution in [0.2, 0.25) is 0 Å². The molecule has 0 aliphatic rings. The fraction of sp³-hybridized carbons (Fsp3) is 0. The highest BCUT2D eigenvalue weighted by Gasteiger charge is 2.18. The zero-order chi connectivity index (χ0) is 13.9. The van der Waals surface area contributed by atoms with Crippen LogP contribution in [0, 0.1) is 0 Å². The first-order chi connectivity index (χ1) is 9.75. The first kappa shape index (κ1) is 12.0. The second-order valence-corrected chi connectivity index (χ2v) is 3.94. The van der Waals surface area contributed by atoms with Gasteiger partial charge < -0.3 is 5.11 Å². The van der Waals surface area contributed by atoms with E-state index in [4.69, 9.17) is 0 Å². The average Bonchev–Trinajstić information content (AvgIpc) is 2.94. The van der Waals surface area contributed by atoms with Crippen molar-refractivity contribution in [2.45, 2.75) is 0 Å². The van der Waals surface area contributed by atoms with E-state index in [0.717, 1.165) is 5.69 Å². The van der Waals surface area contributed by atoms with Crippen molar-refractivity contribution in [1.29, 1.82) is 0 Å².